The lowest BCUT2D eigenvalue weighted by atomic mass is 9.87. The van der Waals surface area contributed by atoms with Gasteiger partial charge in [-0.25, -0.2) is 0 Å². The summed E-state index contributed by atoms with van der Waals surface area (Å²) >= 11 is 0. The van der Waals surface area contributed by atoms with E-state index in [0.29, 0.717) is 5.92 Å². The van der Waals surface area contributed by atoms with E-state index >= 15 is 0 Å². The molecule has 4 saturated heterocycles. The third-order valence-corrected chi connectivity index (χ3v) is 3.50. The van der Waals surface area contributed by atoms with Gasteiger partial charge in [0.15, 0.2) is 5.78 Å². The first-order chi connectivity index (χ1) is 5.70. The number of carbonyl (C=O) groups is 1. The van der Waals surface area contributed by atoms with Gasteiger partial charge in [0.25, 0.3) is 0 Å². The van der Waals surface area contributed by atoms with Crippen molar-refractivity contribution in [3.63, 3.8) is 0 Å². The summed E-state index contributed by atoms with van der Waals surface area (Å²) in [7, 11) is 0. The number of rotatable bonds is 0. The quantitative estimate of drug-likeness (QED) is 0.524. The van der Waals surface area contributed by atoms with Gasteiger partial charge in [-0.3, -0.25) is 4.79 Å². The maximum Gasteiger partial charge on any atom is 0.193 e. The molecule has 4 bridgehead atoms. The van der Waals surface area contributed by atoms with Crippen LogP contribution >= 0.6 is 0 Å². The number of ketones is 1. The minimum absolute atomic E-state index is 0.0590. The lowest BCUT2D eigenvalue weighted by Gasteiger charge is -2.34. The van der Waals surface area contributed by atoms with Crippen molar-refractivity contribution in [2.75, 3.05) is 0 Å². The molecule has 0 aromatic heterocycles. The van der Waals surface area contributed by atoms with Crippen LogP contribution in [0.25, 0.3) is 0 Å². The fourth-order valence-electron chi connectivity index (χ4n) is 2.81. The number of Topliss-reactive ketones (excluding diaryl/α,β-unsaturated/α-hetero) is 1. The van der Waals surface area contributed by atoms with Gasteiger partial charge in [0.1, 0.15) is 12.2 Å². The van der Waals surface area contributed by atoms with E-state index in [-0.39, 0.29) is 36.1 Å². The third kappa shape index (κ3) is 0.559. The molecule has 6 atom stereocenters. The van der Waals surface area contributed by atoms with Crippen molar-refractivity contribution in [1.29, 1.82) is 0 Å². The second-order valence-electron chi connectivity index (χ2n) is 4.16. The summed E-state index contributed by atoms with van der Waals surface area (Å²) in [5.41, 5.74) is 0. The van der Waals surface area contributed by atoms with Crippen LogP contribution < -0.4 is 0 Å². The zero-order chi connectivity index (χ0) is 8.46. The Labute approximate surface area is 71.0 Å². The zero-order valence-electron chi connectivity index (χ0n) is 7.19. The van der Waals surface area contributed by atoms with Gasteiger partial charge >= 0.3 is 0 Å². The Balaban J connectivity index is 2.06. The summed E-state index contributed by atoms with van der Waals surface area (Å²) < 4.78 is 11.2. The van der Waals surface area contributed by atoms with Crippen molar-refractivity contribution in [2.24, 2.45) is 11.8 Å². The Hall–Kier alpha value is -0.410. The molecule has 4 fully saturated rings. The van der Waals surface area contributed by atoms with Crippen molar-refractivity contribution >= 4 is 5.78 Å². The molecule has 0 aliphatic carbocycles. The standard InChI is InChI=1S/C9H12O3/c1-3-6-4(2)8-9(11-6)5(10)7(3)12-8/h3-4,6-9H,1-2H3/t3-,4+,6?,7+,8-,9-/m0/s1. The summed E-state index contributed by atoms with van der Waals surface area (Å²) in [5, 5.41) is 0. The molecule has 3 nitrogen and oxygen atoms in total. The molecule has 0 aromatic carbocycles. The minimum atomic E-state index is -0.230. The molecule has 0 saturated carbocycles. The van der Waals surface area contributed by atoms with E-state index in [2.05, 4.69) is 6.92 Å². The summed E-state index contributed by atoms with van der Waals surface area (Å²) in [6, 6.07) is 0. The van der Waals surface area contributed by atoms with Crippen LogP contribution in [0.5, 0.6) is 0 Å². The van der Waals surface area contributed by atoms with Crippen molar-refractivity contribution in [3.8, 4) is 0 Å². The molecule has 12 heavy (non-hydrogen) atoms. The van der Waals surface area contributed by atoms with Crippen molar-refractivity contribution in [1.82, 2.24) is 0 Å². The van der Waals surface area contributed by atoms with Crippen LogP contribution in [0.15, 0.2) is 0 Å². The normalized spacial score (nSPS) is 61.7. The van der Waals surface area contributed by atoms with E-state index in [4.69, 9.17) is 9.47 Å². The SMILES string of the molecule is C[C@@H]1C2O[C@H]3C(=O)[C@H](O[C@@H]13)[C@H]2C. The van der Waals surface area contributed by atoms with Gasteiger partial charge < -0.3 is 9.47 Å². The van der Waals surface area contributed by atoms with E-state index in [0.717, 1.165) is 0 Å². The number of ether oxygens (including phenoxy) is 2. The first kappa shape index (κ1) is 7.04. The Morgan fingerprint density at radius 1 is 1.00 bits per heavy atom. The second kappa shape index (κ2) is 1.91. The van der Waals surface area contributed by atoms with E-state index in [9.17, 15) is 4.79 Å². The molecule has 4 rings (SSSR count). The fourth-order valence-corrected chi connectivity index (χ4v) is 2.81. The van der Waals surface area contributed by atoms with Crippen molar-refractivity contribution in [2.45, 2.75) is 38.3 Å². The fraction of sp³-hybridized carbons (Fsp3) is 0.889. The van der Waals surface area contributed by atoms with E-state index in [1.807, 2.05) is 6.92 Å². The average Bonchev–Trinajstić information content (AvgIpc) is 2.43. The monoisotopic (exact) mass is 168 g/mol. The van der Waals surface area contributed by atoms with Gasteiger partial charge in [0.2, 0.25) is 0 Å². The highest BCUT2D eigenvalue weighted by Crippen LogP contribution is 2.47. The minimum Gasteiger partial charge on any atom is -0.364 e. The van der Waals surface area contributed by atoms with Gasteiger partial charge in [-0.05, 0) is 0 Å². The van der Waals surface area contributed by atoms with Crippen LogP contribution in [0.4, 0.5) is 0 Å². The molecule has 0 aromatic rings. The molecule has 0 spiro atoms. The molecule has 0 radical (unpaired) electrons. The largest absolute Gasteiger partial charge is 0.364 e. The van der Waals surface area contributed by atoms with Crippen LogP contribution in [0, 0.1) is 11.8 Å². The highest BCUT2D eigenvalue weighted by atomic mass is 16.6. The maximum absolute atomic E-state index is 11.5. The summed E-state index contributed by atoms with van der Waals surface area (Å²) in [6.07, 6.45) is -0.0682. The van der Waals surface area contributed by atoms with E-state index < -0.39 is 0 Å². The Kier molecular flexibility index (Phi) is 1.12. The summed E-state index contributed by atoms with van der Waals surface area (Å²) in [4.78, 5) is 11.5. The molecule has 0 N–H and O–H groups in total. The molecule has 0 amide bonds. The number of hydrogen-bond donors (Lipinski definition) is 0. The Bertz CT molecular complexity index is 244. The molecule has 4 aliphatic rings. The smallest absolute Gasteiger partial charge is 0.193 e. The summed E-state index contributed by atoms with van der Waals surface area (Å²) in [5.74, 6) is 0.822. The molecule has 3 heteroatoms. The molecular formula is C9H12O3. The first-order valence-corrected chi connectivity index (χ1v) is 4.55. The number of hydrogen-bond acceptors (Lipinski definition) is 3. The van der Waals surface area contributed by atoms with Crippen LogP contribution in [-0.4, -0.2) is 30.2 Å². The van der Waals surface area contributed by atoms with Gasteiger partial charge in [-0.15, -0.1) is 0 Å². The van der Waals surface area contributed by atoms with Crippen molar-refractivity contribution < 1.29 is 14.3 Å². The highest BCUT2D eigenvalue weighted by molar-refractivity contribution is 5.91. The van der Waals surface area contributed by atoms with Gasteiger partial charge in [0, 0.05) is 11.8 Å². The number of carbonyl (C=O) groups excluding carboxylic acids is 1. The lowest BCUT2D eigenvalue weighted by molar-refractivity contribution is -0.151. The Morgan fingerprint density at radius 2 is 1.67 bits per heavy atom. The van der Waals surface area contributed by atoms with Crippen LogP contribution in [0.3, 0.4) is 0 Å². The van der Waals surface area contributed by atoms with E-state index in [1.165, 1.54) is 0 Å². The van der Waals surface area contributed by atoms with Crippen molar-refractivity contribution in [3.05, 3.63) is 0 Å². The molecule has 1 unspecified atom stereocenters. The molecule has 4 heterocycles. The topological polar surface area (TPSA) is 35.5 Å². The Morgan fingerprint density at radius 3 is 2.33 bits per heavy atom. The van der Waals surface area contributed by atoms with Gasteiger partial charge in [-0.2, -0.15) is 0 Å². The molecular weight excluding hydrogens is 156 g/mol. The third-order valence-electron chi connectivity index (χ3n) is 3.50. The zero-order valence-corrected chi connectivity index (χ0v) is 7.19. The molecule has 66 valence electrons. The lowest BCUT2D eigenvalue weighted by Crippen LogP contribution is -2.45. The van der Waals surface area contributed by atoms with Crippen LogP contribution in [0.1, 0.15) is 13.8 Å². The first-order valence-electron chi connectivity index (χ1n) is 4.55. The van der Waals surface area contributed by atoms with Crippen LogP contribution in [-0.2, 0) is 14.3 Å². The van der Waals surface area contributed by atoms with Gasteiger partial charge in [0.05, 0.1) is 12.2 Å². The van der Waals surface area contributed by atoms with E-state index in [1.54, 1.807) is 0 Å². The highest BCUT2D eigenvalue weighted by Gasteiger charge is 2.63. The maximum atomic E-state index is 11.5. The predicted molar refractivity (Wildman–Crippen MR) is 40.7 cm³/mol. The van der Waals surface area contributed by atoms with Gasteiger partial charge in [-0.1, -0.05) is 13.8 Å². The summed E-state index contributed by atoms with van der Waals surface area (Å²) in [6.45, 7) is 4.15. The average molecular weight is 168 g/mol. The predicted octanol–water partition coefficient (Wildman–Crippen LogP) is 0.376. The second-order valence-corrected chi connectivity index (χ2v) is 4.16. The van der Waals surface area contributed by atoms with Crippen LogP contribution in [0.2, 0.25) is 0 Å². The molecule has 4 aliphatic heterocycles.